The highest BCUT2D eigenvalue weighted by molar-refractivity contribution is 7.91. The Kier molecular flexibility index (Phi) is 3.79. The standard InChI is InChI=1S/C12H18N2O2S/c1-10(12-6-2-3-7-13-12)14-11-5-4-8-17(15,16)9-11/h2-3,6-7,10-11,14H,4-5,8-9H2,1H3. The number of hydrogen-bond donors (Lipinski definition) is 1. The maximum atomic E-state index is 11.5. The van der Waals surface area contributed by atoms with Gasteiger partial charge in [-0.15, -0.1) is 0 Å². The summed E-state index contributed by atoms with van der Waals surface area (Å²) < 4.78 is 23.0. The van der Waals surface area contributed by atoms with Crippen molar-refractivity contribution in [1.29, 1.82) is 0 Å². The SMILES string of the molecule is CC(NC1CCCS(=O)(=O)C1)c1ccccn1. The van der Waals surface area contributed by atoms with E-state index in [2.05, 4.69) is 10.3 Å². The number of aromatic nitrogens is 1. The van der Waals surface area contributed by atoms with Gasteiger partial charge in [0.2, 0.25) is 0 Å². The van der Waals surface area contributed by atoms with Crippen LogP contribution in [0.2, 0.25) is 0 Å². The Morgan fingerprint density at radius 1 is 1.47 bits per heavy atom. The molecular weight excluding hydrogens is 236 g/mol. The fraction of sp³-hybridized carbons (Fsp3) is 0.583. The Morgan fingerprint density at radius 2 is 2.29 bits per heavy atom. The molecule has 1 aromatic rings. The Bertz CT molecular complexity index is 459. The second-order valence-electron chi connectivity index (χ2n) is 4.60. The van der Waals surface area contributed by atoms with Crippen LogP contribution < -0.4 is 5.32 Å². The van der Waals surface area contributed by atoms with E-state index in [1.165, 1.54) is 0 Å². The molecule has 5 heteroatoms. The fourth-order valence-corrected chi connectivity index (χ4v) is 3.87. The first-order chi connectivity index (χ1) is 8.07. The smallest absolute Gasteiger partial charge is 0.151 e. The zero-order valence-corrected chi connectivity index (χ0v) is 10.8. The Hall–Kier alpha value is -0.940. The molecule has 1 saturated heterocycles. The molecule has 0 amide bonds. The minimum atomic E-state index is -2.84. The number of nitrogens with one attached hydrogen (secondary N) is 1. The molecule has 2 atom stereocenters. The third kappa shape index (κ3) is 3.51. The van der Waals surface area contributed by atoms with Crippen LogP contribution in [0.3, 0.4) is 0 Å². The molecule has 1 N–H and O–H groups in total. The summed E-state index contributed by atoms with van der Waals surface area (Å²) >= 11 is 0. The van der Waals surface area contributed by atoms with Crippen LogP contribution >= 0.6 is 0 Å². The molecule has 2 rings (SSSR count). The molecular formula is C12H18N2O2S. The van der Waals surface area contributed by atoms with Crippen LogP contribution in [0.4, 0.5) is 0 Å². The van der Waals surface area contributed by atoms with Gasteiger partial charge in [0.15, 0.2) is 9.84 Å². The van der Waals surface area contributed by atoms with Crippen molar-refractivity contribution in [3.63, 3.8) is 0 Å². The van der Waals surface area contributed by atoms with Crippen LogP contribution in [0.15, 0.2) is 24.4 Å². The van der Waals surface area contributed by atoms with Gasteiger partial charge in [0.25, 0.3) is 0 Å². The second-order valence-corrected chi connectivity index (χ2v) is 6.83. The van der Waals surface area contributed by atoms with E-state index < -0.39 is 9.84 Å². The van der Waals surface area contributed by atoms with Crippen molar-refractivity contribution in [2.24, 2.45) is 0 Å². The number of sulfone groups is 1. The zero-order valence-electron chi connectivity index (χ0n) is 9.96. The van der Waals surface area contributed by atoms with Crippen molar-refractivity contribution in [1.82, 2.24) is 10.3 Å². The first-order valence-electron chi connectivity index (χ1n) is 5.94. The Labute approximate surface area is 102 Å². The molecule has 0 spiro atoms. The van der Waals surface area contributed by atoms with Crippen molar-refractivity contribution >= 4 is 9.84 Å². The van der Waals surface area contributed by atoms with Crippen LogP contribution in [0.25, 0.3) is 0 Å². The van der Waals surface area contributed by atoms with Crippen LogP contribution in [0.5, 0.6) is 0 Å². The molecule has 0 aliphatic carbocycles. The van der Waals surface area contributed by atoms with Crippen molar-refractivity contribution in [3.05, 3.63) is 30.1 Å². The van der Waals surface area contributed by atoms with E-state index in [-0.39, 0.29) is 17.8 Å². The topological polar surface area (TPSA) is 59.1 Å². The second kappa shape index (κ2) is 5.14. The van der Waals surface area contributed by atoms with Crippen LogP contribution in [-0.4, -0.2) is 30.9 Å². The highest BCUT2D eigenvalue weighted by atomic mass is 32.2. The molecule has 1 fully saturated rings. The van der Waals surface area contributed by atoms with Gasteiger partial charge in [-0.2, -0.15) is 0 Å². The van der Waals surface area contributed by atoms with E-state index in [4.69, 9.17) is 0 Å². The predicted molar refractivity (Wildman–Crippen MR) is 67.5 cm³/mol. The lowest BCUT2D eigenvalue weighted by molar-refractivity contribution is 0.433. The van der Waals surface area contributed by atoms with E-state index in [0.29, 0.717) is 5.75 Å². The minimum Gasteiger partial charge on any atom is -0.305 e. The molecule has 4 nitrogen and oxygen atoms in total. The lowest BCUT2D eigenvalue weighted by Gasteiger charge is -2.26. The molecule has 0 radical (unpaired) electrons. The summed E-state index contributed by atoms with van der Waals surface area (Å²) in [4.78, 5) is 4.27. The third-order valence-corrected chi connectivity index (χ3v) is 4.90. The molecule has 1 aromatic heterocycles. The van der Waals surface area contributed by atoms with Crippen LogP contribution in [0, 0.1) is 0 Å². The molecule has 1 aliphatic heterocycles. The van der Waals surface area contributed by atoms with E-state index in [1.807, 2.05) is 25.1 Å². The molecule has 94 valence electrons. The van der Waals surface area contributed by atoms with Gasteiger partial charge in [-0.3, -0.25) is 4.98 Å². The largest absolute Gasteiger partial charge is 0.305 e. The van der Waals surface area contributed by atoms with Crippen molar-refractivity contribution in [3.8, 4) is 0 Å². The molecule has 0 bridgehead atoms. The monoisotopic (exact) mass is 254 g/mol. The first-order valence-corrected chi connectivity index (χ1v) is 7.76. The quantitative estimate of drug-likeness (QED) is 0.883. The van der Waals surface area contributed by atoms with Gasteiger partial charge < -0.3 is 5.32 Å². The summed E-state index contributed by atoms with van der Waals surface area (Å²) in [5.74, 6) is 0.591. The summed E-state index contributed by atoms with van der Waals surface area (Å²) in [6.07, 6.45) is 3.44. The van der Waals surface area contributed by atoms with Gasteiger partial charge in [0.1, 0.15) is 0 Å². The maximum absolute atomic E-state index is 11.5. The average molecular weight is 254 g/mol. The summed E-state index contributed by atoms with van der Waals surface area (Å²) in [7, 11) is -2.84. The predicted octanol–water partition coefficient (Wildman–Crippen LogP) is 1.31. The fourth-order valence-electron chi connectivity index (χ4n) is 2.23. The van der Waals surface area contributed by atoms with Crippen molar-refractivity contribution < 1.29 is 8.42 Å². The summed E-state index contributed by atoms with van der Waals surface area (Å²) in [6.45, 7) is 2.02. The molecule has 2 unspecified atom stereocenters. The number of rotatable bonds is 3. The van der Waals surface area contributed by atoms with Gasteiger partial charge in [-0.05, 0) is 31.9 Å². The molecule has 0 saturated carbocycles. The highest BCUT2D eigenvalue weighted by Gasteiger charge is 2.25. The summed E-state index contributed by atoms with van der Waals surface area (Å²) in [5, 5.41) is 3.35. The normalized spacial score (nSPS) is 25.4. The van der Waals surface area contributed by atoms with Crippen LogP contribution in [0.1, 0.15) is 31.5 Å². The van der Waals surface area contributed by atoms with Gasteiger partial charge >= 0.3 is 0 Å². The highest BCUT2D eigenvalue weighted by Crippen LogP contribution is 2.16. The van der Waals surface area contributed by atoms with Crippen molar-refractivity contribution in [2.45, 2.75) is 31.8 Å². The number of pyridine rings is 1. The van der Waals surface area contributed by atoms with E-state index in [9.17, 15) is 8.42 Å². The molecule has 1 aliphatic rings. The van der Waals surface area contributed by atoms with Gasteiger partial charge in [-0.25, -0.2) is 8.42 Å². The third-order valence-electron chi connectivity index (χ3n) is 3.08. The van der Waals surface area contributed by atoms with Crippen molar-refractivity contribution in [2.75, 3.05) is 11.5 Å². The zero-order chi connectivity index (χ0) is 12.3. The van der Waals surface area contributed by atoms with Gasteiger partial charge in [0, 0.05) is 18.3 Å². The number of hydrogen-bond acceptors (Lipinski definition) is 4. The first kappa shape index (κ1) is 12.5. The Balaban J connectivity index is 1.97. The van der Waals surface area contributed by atoms with Gasteiger partial charge in [-0.1, -0.05) is 6.07 Å². The average Bonchev–Trinajstić information content (AvgIpc) is 2.29. The minimum absolute atomic E-state index is 0.0609. The Morgan fingerprint density at radius 3 is 2.94 bits per heavy atom. The lowest BCUT2D eigenvalue weighted by Crippen LogP contribution is -2.41. The van der Waals surface area contributed by atoms with E-state index in [1.54, 1.807) is 6.20 Å². The van der Waals surface area contributed by atoms with Gasteiger partial charge in [0.05, 0.1) is 17.2 Å². The maximum Gasteiger partial charge on any atom is 0.151 e. The summed E-state index contributed by atoms with van der Waals surface area (Å²) in [6, 6.07) is 5.93. The molecule has 0 aromatic carbocycles. The van der Waals surface area contributed by atoms with Crippen LogP contribution in [-0.2, 0) is 9.84 Å². The van der Waals surface area contributed by atoms with E-state index >= 15 is 0 Å². The molecule has 17 heavy (non-hydrogen) atoms. The van der Waals surface area contributed by atoms with E-state index in [0.717, 1.165) is 18.5 Å². The summed E-state index contributed by atoms with van der Waals surface area (Å²) in [5.41, 5.74) is 0.954. The molecule has 2 heterocycles. The lowest BCUT2D eigenvalue weighted by atomic mass is 10.1. The number of nitrogens with zero attached hydrogens (tertiary/aromatic N) is 1.